The summed E-state index contributed by atoms with van der Waals surface area (Å²) in [5.41, 5.74) is 0.576. The third-order valence-corrected chi connectivity index (χ3v) is 8.04. The number of urea groups is 1. The van der Waals surface area contributed by atoms with Crippen LogP contribution in [0.1, 0.15) is 6.42 Å². The number of likely N-dealkylation sites (tertiary alicyclic amines) is 1. The molecule has 2 saturated heterocycles. The van der Waals surface area contributed by atoms with Crippen LogP contribution in [0.3, 0.4) is 0 Å². The molecule has 2 aromatic heterocycles. The quantitative estimate of drug-likeness (QED) is 0.244. The smallest absolute Gasteiger partial charge is 0.543 e. The Hall–Kier alpha value is -1.93. The van der Waals surface area contributed by atoms with Gasteiger partial charge in [0, 0.05) is 32.3 Å². The number of carboxylic acids is 1. The molecule has 0 bridgehead atoms. The number of thioether (sulfide) groups is 1. The molecule has 0 N–H and O–H groups in total. The molecule has 5 heterocycles. The molecule has 2 aromatic rings. The van der Waals surface area contributed by atoms with Crippen LogP contribution >= 0.6 is 23.1 Å². The fourth-order valence-electron chi connectivity index (χ4n) is 4.62. The van der Waals surface area contributed by atoms with E-state index < -0.39 is 12.0 Å². The van der Waals surface area contributed by atoms with E-state index in [1.165, 1.54) is 37.6 Å². The number of hydrogen-bond acceptors (Lipinski definition) is 9. The second-order valence-electron chi connectivity index (χ2n) is 7.56. The molecule has 0 radical (unpaired) electrons. The molecule has 3 amide bonds. The molecule has 3 aliphatic rings. The van der Waals surface area contributed by atoms with E-state index in [1.54, 1.807) is 19.0 Å². The van der Waals surface area contributed by atoms with Crippen LogP contribution in [0.2, 0.25) is 0 Å². The molecule has 1 unspecified atom stereocenters. The van der Waals surface area contributed by atoms with Crippen molar-refractivity contribution in [2.45, 2.75) is 23.7 Å². The van der Waals surface area contributed by atoms with Gasteiger partial charge in [-0.15, -0.1) is 16.4 Å². The first-order valence-corrected chi connectivity index (χ1v) is 11.5. The summed E-state index contributed by atoms with van der Waals surface area (Å²) in [4.78, 5) is 42.4. The minimum absolute atomic E-state index is 0. The molecule has 162 valence electrons. The fraction of sp³-hybridized carbons (Fsp3) is 0.444. The first kappa shape index (κ1) is 23.2. The number of hydrogen-bond donors (Lipinski definition) is 0. The zero-order valence-electron chi connectivity index (χ0n) is 17.7. The van der Waals surface area contributed by atoms with Crippen LogP contribution in [0.5, 0.6) is 0 Å². The molecular formula is C18H18N7NaO4S2. The van der Waals surface area contributed by atoms with Gasteiger partial charge in [-0.1, -0.05) is 11.8 Å². The summed E-state index contributed by atoms with van der Waals surface area (Å²) in [6.07, 6.45) is 0.568. The van der Waals surface area contributed by atoms with E-state index in [0.717, 1.165) is 5.00 Å². The summed E-state index contributed by atoms with van der Waals surface area (Å²) in [6.45, 7) is 0.375. The Kier molecular flexibility index (Phi) is 6.38. The predicted octanol–water partition coefficient (Wildman–Crippen LogP) is -3.46. The second-order valence-corrected chi connectivity index (χ2v) is 9.43. The maximum atomic E-state index is 13.1. The topological polar surface area (TPSA) is 128 Å². The number of carbonyl (C=O) groups excluding carboxylic acids is 3. The van der Waals surface area contributed by atoms with E-state index in [0.29, 0.717) is 29.4 Å². The summed E-state index contributed by atoms with van der Waals surface area (Å²) in [5, 5.41) is 26.4. The number of anilines is 1. The number of rotatable bonds is 5. The van der Waals surface area contributed by atoms with Gasteiger partial charge in [0.05, 0.1) is 22.7 Å². The van der Waals surface area contributed by atoms with Gasteiger partial charge in [0.15, 0.2) is 0 Å². The van der Waals surface area contributed by atoms with Crippen LogP contribution in [0, 0.1) is 5.92 Å². The van der Waals surface area contributed by atoms with E-state index in [2.05, 4.69) is 15.5 Å². The van der Waals surface area contributed by atoms with Crippen molar-refractivity contribution < 1.29 is 49.0 Å². The van der Waals surface area contributed by atoms with Crippen LogP contribution in [-0.4, -0.2) is 79.3 Å². The first-order chi connectivity index (χ1) is 14.9. The van der Waals surface area contributed by atoms with Gasteiger partial charge >= 0.3 is 35.6 Å². The van der Waals surface area contributed by atoms with Gasteiger partial charge in [-0.2, -0.15) is 0 Å². The van der Waals surface area contributed by atoms with Crippen LogP contribution < -0.4 is 39.6 Å². The molecule has 0 aromatic carbocycles. The third kappa shape index (κ3) is 3.46. The van der Waals surface area contributed by atoms with E-state index in [1.807, 2.05) is 17.5 Å². The summed E-state index contributed by atoms with van der Waals surface area (Å²) < 4.78 is 1.50. The van der Waals surface area contributed by atoms with Crippen LogP contribution in [0.15, 0.2) is 33.9 Å². The fourth-order valence-corrected chi connectivity index (χ4v) is 6.27. The number of aryl methyl sites for hydroxylation is 1. The standard InChI is InChI=1S/C18H19N7O4S2.Na/c1-22(11-4-3-7-30-11)18(29)24-6-5-9-10(8-31-17-19-20-21-23(17)2)13(16(27)28)25-12(9)14(24)15(25)26;/h3-4,7,9,12,14H,5-6,8H2,1-2H3,(H,27,28);/q;+1/p-1/t9?,12-,14+;/m1./s1. The predicted molar refractivity (Wildman–Crippen MR) is 109 cm³/mol. The summed E-state index contributed by atoms with van der Waals surface area (Å²) in [6, 6.07) is 2.40. The Morgan fingerprint density at radius 3 is 2.81 bits per heavy atom. The van der Waals surface area contributed by atoms with Gasteiger partial charge in [0.25, 0.3) is 5.91 Å². The van der Waals surface area contributed by atoms with Gasteiger partial charge < -0.3 is 19.7 Å². The Morgan fingerprint density at radius 1 is 1.41 bits per heavy atom. The van der Waals surface area contributed by atoms with Gasteiger partial charge in [0.2, 0.25) is 5.16 Å². The van der Waals surface area contributed by atoms with Crippen molar-refractivity contribution in [3.8, 4) is 0 Å². The van der Waals surface area contributed by atoms with Crippen molar-refractivity contribution in [3.05, 3.63) is 28.8 Å². The van der Waals surface area contributed by atoms with Gasteiger partial charge in [0.1, 0.15) is 6.04 Å². The molecule has 0 spiro atoms. The number of aromatic nitrogens is 4. The Bertz CT molecular complexity index is 1100. The number of amides is 3. The van der Waals surface area contributed by atoms with Crippen molar-refractivity contribution in [3.63, 3.8) is 0 Å². The maximum absolute atomic E-state index is 13.1. The molecule has 0 aliphatic carbocycles. The average molecular weight is 484 g/mol. The monoisotopic (exact) mass is 483 g/mol. The average Bonchev–Trinajstić information content (AvgIpc) is 3.48. The molecular weight excluding hydrogens is 465 g/mol. The Labute approximate surface area is 213 Å². The first-order valence-electron chi connectivity index (χ1n) is 9.60. The van der Waals surface area contributed by atoms with E-state index >= 15 is 0 Å². The molecule has 11 nitrogen and oxygen atoms in total. The number of aliphatic carboxylic acids is 1. The molecule has 3 aliphatic heterocycles. The second kappa shape index (κ2) is 8.78. The van der Waals surface area contributed by atoms with Crippen molar-refractivity contribution in [1.82, 2.24) is 30.0 Å². The number of tetrazole rings is 1. The SMILES string of the molecule is CN(C(=O)N1CCC2C(CSc3nnnn3C)=C(C(=O)[O-])N3C(=O)[C@@H]1[C@@H]23)c1cccs1.[Na+]. The van der Waals surface area contributed by atoms with Crippen LogP contribution in [0.4, 0.5) is 9.80 Å². The number of nitrogens with zero attached hydrogens (tertiary/aromatic N) is 7. The van der Waals surface area contributed by atoms with Gasteiger partial charge in [-0.25, -0.2) is 9.48 Å². The number of β-lactam (4-membered cyclic amide) rings is 1. The molecule has 2 fully saturated rings. The minimum Gasteiger partial charge on any atom is -0.543 e. The molecule has 14 heteroatoms. The number of thiophene rings is 1. The summed E-state index contributed by atoms with van der Waals surface area (Å²) in [7, 11) is 3.38. The molecule has 32 heavy (non-hydrogen) atoms. The largest absolute Gasteiger partial charge is 1.00 e. The van der Waals surface area contributed by atoms with Crippen LogP contribution in [-0.2, 0) is 16.6 Å². The Balaban J connectivity index is 0.00000245. The van der Waals surface area contributed by atoms with E-state index in [9.17, 15) is 19.5 Å². The molecule has 3 atom stereocenters. The zero-order valence-corrected chi connectivity index (χ0v) is 21.3. The maximum Gasteiger partial charge on any atom is 1.00 e. The molecule has 5 rings (SSSR count). The van der Waals surface area contributed by atoms with Crippen molar-refractivity contribution in [2.75, 3.05) is 24.2 Å². The molecule has 0 saturated carbocycles. The minimum atomic E-state index is -1.37. The van der Waals surface area contributed by atoms with Gasteiger partial charge in [-0.3, -0.25) is 9.69 Å². The number of piperidine rings is 1. The normalized spacial score (nSPS) is 23.6. The van der Waals surface area contributed by atoms with Crippen molar-refractivity contribution in [1.29, 1.82) is 0 Å². The number of carboxylic acid groups (broad SMARTS) is 1. The van der Waals surface area contributed by atoms with Crippen molar-refractivity contribution >= 4 is 46.0 Å². The van der Waals surface area contributed by atoms with E-state index in [4.69, 9.17) is 0 Å². The number of carbonyl (C=O) groups is 3. The van der Waals surface area contributed by atoms with Crippen LogP contribution in [0.25, 0.3) is 0 Å². The van der Waals surface area contributed by atoms with Crippen molar-refractivity contribution in [2.24, 2.45) is 13.0 Å². The van der Waals surface area contributed by atoms with E-state index in [-0.39, 0.29) is 59.2 Å². The summed E-state index contributed by atoms with van der Waals surface area (Å²) in [5.74, 6) is -1.55. The zero-order chi connectivity index (χ0) is 21.9. The summed E-state index contributed by atoms with van der Waals surface area (Å²) >= 11 is 2.75. The third-order valence-electron chi connectivity index (χ3n) is 6.03. The van der Waals surface area contributed by atoms with Gasteiger partial charge in [-0.05, 0) is 39.9 Å². The Morgan fingerprint density at radius 2 is 2.19 bits per heavy atom.